The molecule has 0 nitrogen and oxygen atoms in total. The van der Waals surface area contributed by atoms with Gasteiger partial charge in [-0.3, -0.25) is 0 Å². The van der Waals surface area contributed by atoms with Crippen LogP contribution in [-0.2, 0) is 0 Å². The zero-order chi connectivity index (χ0) is 8.93. The number of alkyl halides is 3. The molecule has 1 fully saturated rings. The van der Waals surface area contributed by atoms with Gasteiger partial charge in [-0.05, 0) is 24.3 Å². The monoisotopic (exact) mass is 180 g/mol. The molecule has 0 saturated heterocycles. The molecule has 0 N–H and O–H groups in total. The highest BCUT2D eigenvalue weighted by Crippen LogP contribution is 2.53. The second kappa shape index (κ2) is 2.24. The Balaban J connectivity index is 2.27. The Hall–Kier alpha value is -0.540. The van der Waals surface area contributed by atoms with E-state index < -0.39 is 17.9 Å². The van der Waals surface area contributed by atoms with Crippen LogP contribution in [0, 0.1) is 11.8 Å². The number of hydrogen-bond acceptors (Lipinski definition) is 0. The third-order valence-electron chi connectivity index (χ3n) is 2.71. The van der Waals surface area contributed by atoms with Crippen molar-refractivity contribution in [1.29, 1.82) is 0 Å². The van der Waals surface area contributed by atoms with Crippen molar-refractivity contribution >= 4 is 0 Å². The first-order valence-electron chi connectivity index (χ1n) is 3.92. The average Bonchev–Trinajstić information content (AvgIpc) is 2.41. The Kier molecular flexibility index (Phi) is 1.50. The van der Waals surface area contributed by atoms with Crippen molar-refractivity contribution < 1.29 is 17.6 Å². The molecule has 0 aromatic heterocycles. The summed E-state index contributed by atoms with van der Waals surface area (Å²) in [5.41, 5.74) is 0.0208. The molecule has 0 heterocycles. The van der Waals surface area contributed by atoms with E-state index in [4.69, 9.17) is 0 Å². The normalized spacial score (nSPS) is 35.0. The maximum Gasteiger partial charge on any atom is 0.395 e. The molecule has 0 spiro atoms. The molecule has 0 aliphatic heterocycles. The van der Waals surface area contributed by atoms with E-state index in [1.165, 1.54) is 0 Å². The summed E-state index contributed by atoms with van der Waals surface area (Å²) in [6.07, 6.45) is -3.56. The molecule has 2 rings (SSSR count). The Morgan fingerprint density at radius 1 is 1.17 bits per heavy atom. The quantitative estimate of drug-likeness (QED) is 0.502. The van der Waals surface area contributed by atoms with Gasteiger partial charge in [0.1, 0.15) is 5.83 Å². The maximum absolute atomic E-state index is 12.8. The fourth-order valence-corrected chi connectivity index (χ4v) is 2.18. The van der Waals surface area contributed by atoms with Crippen LogP contribution in [0.1, 0.15) is 19.3 Å². The zero-order valence-corrected chi connectivity index (χ0v) is 6.29. The van der Waals surface area contributed by atoms with Crippen molar-refractivity contribution in [3.63, 3.8) is 0 Å². The van der Waals surface area contributed by atoms with Gasteiger partial charge >= 0.3 is 6.18 Å². The Morgan fingerprint density at radius 2 is 1.83 bits per heavy atom. The topological polar surface area (TPSA) is 0 Å². The van der Waals surface area contributed by atoms with Crippen molar-refractivity contribution in [2.24, 2.45) is 11.8 Å². The standard InChI is InChI=1S/C8H8F4/c9-7-3-4-1-5(7)6(2-4)8(10,11)12/h4,6H,1-3H2. The van der Waals surface area contributed by atoms with Crippen molar-refractivity contribution in [2.45, 2.75) is 25.4 Å². The third-order valence-corrected chi connectivity index (χ3v) is 2.71. The fraction of sp³-hybridized carbons (Fsp3) is 0.750. The first-order chi connectivity index (χ1) is 5.48. The van der Waals surface area contributed by atoms with Gasteiger partial charge < -0.3 is 0 Å². The summed E-state index contributed by atoms with van der Waals surface area (Å²) >= 11 is 0. The SMILES string of the molecule is FC1=C2CC(C1)CC2C(F)(F)F. The Morgan fingerprint density at radius 3 is 2.17 bits per heavy atom. The third kappa shape index (κ3) is 1.04. The highest BCUT2D eigenvalue weighted by Gasteiger charge is 2.51. The molecule has 0 aromatic carbocycles. The zero-order valence-electron chi connectivity index (χ0n) is 6.29. The van der Waals surface area contributed by atoms with Crippen molar-refractivity contribution in [2.75, 3.05) is 0 Å². The molecule has 0 amide bonds. The highest BCUT2D eigenvalue weighted by molar-refractivity contribution is 5.25. The fourth-order valence-electron chi connectivity index (χ4n) is 2.18. The lowest BCUT2D eigenvalue weighted by molar-refractivity contribution is -0.164. The second-order valence-electron chi connectivity index (χ2n) is 3.53. The van der Waals surface area contributed by atoms with Crippen LogP contribution in [0.4, 0.5) is 17.6 Å². The van der Waals surface area contributed by atoms with Gasteiger partial charge in [0.25, 0.3) is 0 Å². The van der Waals surface area contributed by atoms with E-state index in [1.807, 2.05) is 0 Å². The van der Waals surface area contributed by atoms with E-state index >= 15 is 0 Å². The van der Waals surface area contributed by atoms with Crippen LogP contribution in [0.25, 0.3) is 0 Å². The van der Waals surface area contributed by atoms with Gasteiger partial charge in [-0.15, -0.1) is 0 Å². The molecule has 68 valence electrons. The van der Waals surface area contributed by atoms with Crippen molar-refractivity contribution in [1.82, 2.24) is 0 Å². The number of rotatable bonds is 0. The Labute approximate surface area is 67.3 Å². The lowest BCUT2D eigenvalue weighted by atomic mass is 9.95. The summed E-state index contributed by atoms with van der Waals surface area (Å²) in [5.74, 6) is -2.06. The predicted octanol–water partition coefficient (Wildman–Crippen LogP) is 3.20. The predicted molar refractivity (Wildman–Crippen MR) is 35.0 cm³/mol. The number of allylic oxidation sites excluding steroid dienone is 2. The number of halogens is 4. The smallest absolute Gasteiger partial charge is 0.212 e. The van der Waals surface area contributed by atoms with Crippen LogP contribution in [0.3, 0.4) is 0 Å². The van der Waals surface area contributed by atoms with E-state index in [-0.39, 0.29) is 24.3 Å². The highest BCUT2D eigenvalue weighted by atomic mass is 19.4. The average molecular weight is 180 g/mol. The van der Waals surface area contributed by atoms with Crippen LogP contribution >= 0.6 is 0 Å². The van der Waals surface area contributed by atoms with Crippen LogP contribution < -0.4 is 0 Å². The van der Waals surface area contributed by atoms with E-state index in [0.717, 1.165) is 0 Å². The molecule has 0 aromatic rings. The minimum Gasteiger partial charge on any atom is -0.212 e. The maximum atomic E-state index is 12.8. The molecule has 4 heteroatoms. The molecule has 12 heavy (non-hydrogen) atoms. The summed E-state index contributed by atoms with van der Waals surface area (Å²) in [4.78, 5) is 0. The van der Waals surface area contributed by atoms with Crippen molar-refractivity contribution in [3.05, 3.63) is 11.4 Å². The minimum absolute atomic E-state index is 0.0208. The van der Waals surface area contributed by atoms with Crippen molar-refractivity contribution in [3.8, 4) is 0 Å². The molecule has 2 bridgehead atoms. The van der Waals surface area contributed by atoms with Gasteiger partial charge in [0.05, 0.1) is 5.92 Å². The Bertz CT molecular complexity index is 238. The molecule has 2 atom stereocenters. The van der Waals surface area contributed by atoms with Gasteiger partial charge in [0.2, 0.25) is 0 Å². The van der Waals surface area contributed by atoms with E-state index in [1.54, 1.807) is 0 Å². The summed E-state index contributed by atoms with van der Waals surface area (Å²) in [5, 5.41) is 0. The molecule has 2 aliphatic carbocycles. The number of fused-ring (bicyclic) bond motifs is 2. The van der Waals surface area contributed by atoms with Gasteiger partial charge in [-0.25, -0.2) is 4.39 Å². The van der Waals surface area contributed by atoms with Crippen LogP contribution in [0.15, 0.2) is 11.4 Å². The van der Waals surface area contributed by atoms with Gasteiger partial charge in [0, 0.05) is 6.42 Å². The summed E-state index contributed by atoms with van der Waals surface area (Å²) in [6.45, 7) is 0. The van der Waals surface area contributed by atoms with Crippen LogP contribution in [0.2, 0.25) is 0 Å². The molecule has 0 radical (unpaired) electrons. The lowest BCUT2D eigenvalue weighted by Gasteiger charge is -2.19. The van der Waals surface area contributed by atoms with Gasteiger partial charge in [-0.1, -0.05) is 0 Å². The molecule has 1 saturated carbocycles. The minimum atomic E-state index is -4.23. The van der Waals surface area contributed by atoms with Crippen LogP contribution in [0.5, 0.6) is 0 Å². The van der Waals surface area contributed by atoms with Gasteiger partial charge in [-0.2, -0.15) is 13.2 Å². The first kappa shape index (κ1) is 8.08. The summed E-state index contributed by atoms with van der Waals surface area (Å²) in [7, 11) is 0. The summed E-state index contributed by atoms with van der Waals surface area (Å²) < 4.78 is 49.4. The molecule has 2 unspecified atom stereocenters. The second-order valence-corrected chi connectivity index (χ2v) is 3.53. The van der Waals surface area contributed by atoms with E-state index in [9.17, 15) is 17.6 Å². The first-order valence-corrected chi connectivity index (χ1v) is 3.92. The molecule has 2 aliphatic rings. The lowest BCUT2D eigenvalue weighted by Crippen LogP contribution is -2.23. The van der Waals surface area contributed by atoms with E-state index in [0.29, 0.717) is 6.42 Å². The van der Waals surface area contributed by atoms with E-state index in [2.05, 4.69) is 0 Å². The van der Waals surface area contributed by atoms with Gasteiger partial charge in [0.15, 0.2) is 0 Å². The largest absolute Gasteiger partial charge is 0.395 e. The number of hydrogen-bond donors (Lipinski definition) is 0. The summed E-state index contributed by atoms with van der Waals surface area (Å²) in [6, 6.07) is 0. The van der Waals surface area contributed by atoms with Crippen LogP contribution in [-0.4, -0.2) is 6.18 Å². The molecular formula is C8H8F4. The molecular weight excluding hydrogens is 172 g/mol.